The van der Waals surface area contributed by atoms with Crippen LogP contribution in [0.15, 0.2) is 82.9 Å². The highest BCUT2D eigenvalue weighted by molar-refractivity contribution is 9.10. The molecule has 1 saturated carbocycles. The molecule has 2 aliphatic heterocycles. The second-order valence-corrected chi connectivity index (χ2v) is 20.1. The van der Waals surface area contributed by atoms with Crippen LogP contribution in [0.5, 0.6) is 11.5 Å². The Kier molecular flexibility index (Phi) is 16.5. The van der Waals surface area contributed by atoms with Crippen LogP contribution >= 0.6 is 27.3 Å². The van der Waals surface area contributed by atoms with Gasteiger partial charge >= 0.3 is 0 Å². The number of anilines is 3. The molecule has 2 fully saturated rings. The Morgan fingerprint density at radius 2 is 1.74 bits per heavy atom. The van der Waals surface area contributed by atoms with E-state index >= 15 is 0 Å². The van der Waals surface area contributed by atoms with E-state index in [4.69, 9.17) is 9.47 Å². The first-order valence-electron chi connectivity index (χ1n) is 24.1. The summed E-state index contributed by atoms with van der Waals surface area (Å²) in [7, 11) is 1.88. The molecule has 1 aliphatic carbocycles. The molecule has 0 spiro atoms. The number of unbranched alkanes of at least 4 members (excludes halogenated alkanes) is 1. The fourth-order valence-electron chi connectivity index (χ4n) is 9.10. The number of fused-ring (bicyclic) bond motifs is 1. The number of halogens is 1. The average Bonchev–Trinajstić information content (AvgIpc) is 4.08. The third-order valence-corrected chi connectivity index (χ3v) is 14.7. The molecule has 17 heteroatoms. The summed E-state index contributed by atoms with van der Waals surface area (Å²) in [6.45, 7) is 9.27. The summed E-state index contributed by atoms with van der Waals surface area (Å²) in [5, 5.41) is 9.73. The van der Waals surface area contributed by atoms with E-state index in [0.29, 0.717) is 75.3 Å². The van der Waals surface area contributed by atoms with Crippen molar-refractivity contribution in [1.82, 2.24) is 35.0 Å². The maximum atomic E-state index is 14.2. The summed E-state index contributed by atoms with van der Waals surface area (Å²) < 4.78 is 13.2. The van der Waals surface area contributed by atoms with Crippen LogP contribution in [0.25, 0.3) is 10.4 Å². The lowest BCUT2D eigenvalue weighted by Gasteiger charge is -2.35. The second-order valence-electron chi connectivity index (χ2n) is 18.4. The van der Waals surface area contributed by atoms with E-state index in [1.54, 1.807) is 27.3 Å². The summed E-state index contributed by atoms with van der Waals surface area (Å²) in [4.78, 5) is 73.8. The monoisotopic (exact) mass is 1020 g/mol. The Bertz CT molecular complexity index is 2610. The number of likely N-dealkylation sites (tertiary alicyclic amines) is 1. The summed E-state index contributed by atoms with van der Waals surface area (Å²) in [6, 6.07) is 19.9. The summed E-state index contributed by atoms with van der Waals surface area (Å²) in [5.41, 5.74) is 6.95. The molecular formula is C52H62BrN9O6S. The number of carbonyl (C=O) groups excluding carboxylic acids is 4. The fourth-order valence-corrected chi connectivity index (χ4v) is 10.2. The molecule has 3 aliphatic rings. The molecule has 5 aromatic rings. The predicted molar refractivity (Wildman–Crippen MR) is 272 cm³/mol. The van der Waals surface area contributed by atoms with Gasteiger partial charge in [-0.2, -0.15) is 4.98 Å². The number of hydrogen-bond acceptors (Lipinski definition) is 12. The molecule has 1 saturated heterocycles. The van der Waals surface area contributed by atoms with Crippen LogP contribution in [0, 0.1) is 18.8 Å². The lowest BCUT2D eigenvalue weighted by atomic mass is 9.84. The largest absolute Gasteiger partial charge is 0.494 e. The molecule has 15 nitrogen and oxygen atoms in total. The minimum absolute atomic E-state index is 0.135. The van der Waals surface area contributed by atoms with E-state index < -0.39 is 12.1 Å². The first-order chi connectivity index (χ1) is 33.4. The Morgan fingerprint density at radius 1 is 0.957 bits per heavy atom. The standard InChI is InChI=1S/C52H62BrN9O6S/c1-33(2)45(62-31-38-12-5-6-15-41(38)50(62)65)51(66)61-25-10-16-43(61)48(63)55-29-37-18-17-36(46-34(3)57-32-69-46)28-44(37)68-27-8-7-26-67-40-21-19-39(20-22-40)58-52-56-30-42(53)47(59-52)54-23-11-24-60(4)49(64)35-13-9-14-35/h5-6,12,15,17-22,28,30,32-33,35,43,45H,7-11,13-14,16,23-27,29,31H2,1-4H3,(H,55,63)(H2,54,56,58,59)/t43-,45?/m0/s1. The Labute approximate surface area is 416 Å². The molecule has 3 aromatic carbocycles. The van der Waals surface area contributed by atoms with Crippen LogP contribution in [-0.2, 0) is 27.5 Å². The highest BCUT2D eigenvalue weighted by atomic mass is 79.9. The zero-order valence-corrected chi connectivity index (χ0v) is 42.2. The number of thiazole rings is 1. The van der Waals surface area contributed by atoms with Crippen molar-refractivity contribution in [1.29, 1.82) is 0 Å². The molecule has 3 N–H and O–H groups in total. The lowest BCUT2D eigenvalue weighted by molar-refractivity contribution is -0.143. The number of carbonyl (C=O) groups is 4. The molecule has 364 valence electrons. The van der Waals surface area contributed by atoms with Crippen molar-refractivity contribution < 1.29 is 28.7 Å². The molecule has 0 radical (unpaired) electrons. The van der Waals surface area contributed by atoms with Gasteiger partial charge in [-0.15, -0.1) is 11.3 Å². The van der Waals surface area contributed by atoms with Gasteiger partial charge in [0.25, 0.3) is 5.91 Å². The Balaban J connectivity index is 0.804. The number of ether oxygens (including phenoxy) is 2. The number of nitrogens with zero attached hydrogens (tertiary/aromatic N) is 6. The first kappa shape index (κ1) is 49.4. The summed E-state index contributed by atoms with van der Waals surface area (Å²) in [5.74, 6) is 2.32. The van der Waals surface area contributed by atoms with Crippen molar-refractivity contribution >= 4 is 68.3 Å². The van der Waals surface area contributed by atoms with E-state index in [1.165, 1.54) is 0 Å². The van der Waals surface area contributed by atoms with Crippen LogP contribution in [-0.4, -0.2) is 105 Å². The number of hydrogen-bond donors (Lipinski definition) is 3. The molecule has 1 unspecified atom stereocenters. The molecule has 0 bridgehead atoms. The van der Waals surface area contributed by atoms with Gasteiger partial charge in [0.05, 0.1) is 33.8 Å². The van der Waals surface area contributed by atoms with Gasteiger partial charge in [-0.1, -0.05) is 50.6 Å². The number of aryl methyl sites for hydroxylation is 1. The molecule has 4 amide bonds. The topological polar surface area (TPSA) is 171 Å². The third kappa shape index (κ3) is 12.0. The lowest BCUT2D eigenvalue weighted by Crippen LogP contribution is -2.55. The van der Waals surface area contributed by atoms with Crippen molar-refractivity contribution in [2.75, 3.05) is 50.5 Å². The van der Waals surface area contributed by atoms with Gasteiger partial charge in [0.1, 0.15) is 29.4 Å². The molecular weight excluding hydrogens is 959 g/mol. The summed E-state index contributed by atoms with van der Waals surface area (Å²) in [6.07, 6.45) is 8.44. The van der Waals surface area contributed by atoms with Gasteiger partial charge in [0, 0.05) is 68.7 Å². The van der Waals surface area contributed by atoms with Crippen LogP contribution in [0.3, 0.4) is 0 Å². The Morgan fingerprint density at radius 3 is 2.46 bits per heavy atom. The molecule has 8 rings (SSSR count). The van der Waals surface area contributed by atoms with Gasteiger partial charge in [-0.3, -0.25) is 19.2 Å². The average molecular weight is 1020 g/mol. The second kappa shape index (κ2) is 23.0. The van der Waals surface area contributed by atoms with Crippen molar-refractivity contribution in [2.24, 2.45) is 11.8 Å². The van der Waals surface area contributed by atoms with Crippen molar-refractivity contribution in [3.8, 4) is 21.9 Å². The van der Waals surface area contributed by atoms with Gasteiger partial charge in [-0.25, -0.2) is 9.97 Å². The molecule has 2 atom stereocenters. The van der Waals surface area contributed by atoms with E-state index in [2.05, 4.69) is 46.8 Å². The zero-order valence-electron chi connectivity index (χ0n) is 39.8. The number of aromatic nitrogens is 3. The minimum atomic E-state index is -0.670. The van der Waals surface area contributed by atoms with Crippen LogP contribution < -0.4 is 25.4 Å². The quantitative estimate of drug-likeness (QED) is 0.0566. The highest BCUT2D eigenvalue weighted by Crippen LogP contribution is 2.34. The van der Waals surface area contributed by atoms with Gasteiger partial charge in [0.2, 0.25) is 23.7 Å². The maximum absolute atomic E-state index is 14.2. The van der Waals surface area contributed by atoms with Crippen molar-refractivity contribution in [3.63, 3.8) is 0 Å². The number of rotatable bonds is 22. The van der Waals surface area contributed by atoms with Crippen LogP contribution in [0.2, 0.25) is 0 Å². The van der Waals surface area contributed by atoms with Crippen molar-refractivity contribution in [3.05, 3.63) is 105 Å². The normalized spacial score (nSPS) is 16.0. The number of benzene rings is 3. The Hall–Kier alpha value is -6.07. The number of nitrogens with one attached hydrogen (secondary N) is 3. The molecule has 4 heterocycles. The zero-order chi connectivity index (χ0) is 48.4. The SMILES string of the molecule is Cc1ncsc1-c1ccc(CNC(=O)[C@@H]2CCCN2C(=O)C(C(C)C)N2Cc3ccccc3C2=O)c(OCCCCOc2ccc(Nc3ncc(Br)c(NCCCN(C)C(=O)C4CCC4)n3)cc2)c1. The smallest absolute Gasteiger partial charge is 0.255 e. The highest BCUT2D eigenvalue weighted by Gasteiger charge is 2.44. The van der Waals surface area contributed by atoms with Gasteiger partial charge in [0.15, 0.2) is 0 Å². The minimum Gasteiger partial charge on any atom is -0.494 e. The molecule has 2 aromatic heterocycles. The fraction of sp³-hybridized carbons (Fsp3) is 0.442. The van der Waals surface area contributed by atoms with E-state index in [1.807, 2.05) is 105 Å². The number of amides is 4. The third-order valence-electron chi connectivity index (χ3n) is 13.1. The van der Waals surface area contributed by atoms with Gasteiger partial charge < -0.3 is 40.1 Å². The van der Waals surface area contributed by atoms with E-state index in [-0.39, 0.29) is 42.0 Å². The predicted octanol–water partition coefficient (Wildman–Crippen LogP) is 9.00. The van der Waals surface area contributed by atoms with Gasteiger partial charge in [-0.05, 0) is 121 Å². The van der Waals surface area contributed by atoms with E-state index in [0.717, 1.165) is 81.7 Å². The maximum Gasteiger partial charge on any atom is 0.255 e. The molecule has 69 heavy (non-hydrogen) atoms. The first-order valence-corrected chi connectivity index (χ1v) is 25.8. The summed E-state index contributed by atoms with van der Waals surface area (Å²) >= 11 is 5.11. The van der Waals surface area contributed by atoms with Crippen LogP contribution in [0.1, 0.15) is 92.4 Å². The van der Waals surface area contributed by atoms with Crippen molar-refractivity contribution in [2.45, 2.75) is 97.3 Å². The van der Waals surface area contributed by atoms with Crippen LogP contribution in [0.4, 0.5) is 17.5 Å². The van der Waals surface area contributed by atoms with E-state index in [9.17, 15) is 19.2 Å².